The van der Waals surface area contributed by atoms with Crippen molar-refractivity contribution in [3.63, 3.8) is 0 Å². The van der Waals surface area contributed by atoms with Crippen molar-refractivity contribution in [2.75, 3.05) is 20.3 Å². The molecule has 2 heterocycles. The van der Waals surface area contributed by atoms with Gasteiger partial charge in [0.15, 0.2) is 6.61 Å². The molecule has 0 amide bonds. The molecule has 0 aliphatic carbocycles. The highest BCUT2D eigenvalue weighted by Gasteiger charge is 2.27. The van der Waals surface area contributed by atoms with Gasteiger partial charge in [-0.15, -0.1) is 0 Å². The second-order valence-electron chi connectivity index (χ2n) is 4.50. The number of hydrogen-bond acceptors (Lipinski definition) is 7. The molecular weight excluding hydrogens is 284 g/mol. The lowest BCUT2D eigenvalue weighted by atomic mass is 10.2. The van der Waals surface area contributed by atoms with E-state index >= 15 is 0 Å². The number of esters is 1. The first-order valence-corrected chi connectivity index (χ1v) is 6.36. The number of nitrogens with one attached hydrogen (secondary N) is 1. The number of carbonyl (C=O) groups excluding carboxylic acids is 1. The molecule has 116 valence electrons. The SMILES string of the molecule is COC(=O)COc1cn(C2CCC(CO)O2)c(=O)[nH]c1=O. The summed E-state index contributed by atoms with van der Waals surface area (Å²) >= 11 is 0. The largest absolute Gasteiger partial charge is 0.475 e. The molecule has 0 spiro atoms. The van der Waals surface area contributed by atoms with Crippen LogP contribution in [0.4, 0.5) is 0 Å². The lowest BCUT2D eigenvalue weighted by Crippen LogP contribution is -2.33. The van der Waals surface area contributed by atoms with Gasteiger partial charge in [0, 0.05) is 0 Å². The zero-order valence-electron chi connectivity index (χ0n) is 11.4. The molecule has 2 atom stereocenters. The topological polar surface area (TPSA) is 120 Å². The molecule has 1 aromatic rings. The van der Waals surface area contributed by atoms with Crippen molar-refractivity contribution in [1.29, 1.82) is 0 Å². The Balaban J connectivity index is 2.20. The Labute approximate surface area is 119 Å². The van der Waals surface area contributed by atoms with E-state index in [0.717, 1.165) is 0 Å². The van der Waals surface area contributed by atoms with Crippen LogP contribution in [0, 0.1) is 0 Å². The Bertz CT molecular complexity index is 621. The van der Waals surface area contributed by atoms with Crippen LogP contribution in [0.15, 0.2) is 15.8 Å². The van der Waals surface area contributed by atoms with Gasteiger partial charge in [0.1, 0.15) is 6.23 Å². The third-order valence-corrected chi connectivity index (χ3v) is 3.11. The van der Waals surface area contributed by atoms with Gasteiger partial charge in [-0.25, -0.2) is 9.59 Å². The van der Waals surface area contributed by atoms with Crippen molar-refractivity contribution in [2.45, 2.75) is 25.2 Å². The van der Waals surface area contributed by atoms with Crippen LogP contribution in [0.3, 0.4) is 0 Å². The molecule has 0 saturated carbocycles. The molecule has 0 radical (unpaired) electrons. The number of H-pyrrole nitrogens is 1. The molecule has 1 saturated heterocycles. The number of aromatic amines is 1. The first-order chi connectivity index (χ1) is 10.0. The van der Waals surface area contributed by atoms with Crippen LogP contribution in [0.25, 0.3) is 0 Å². The fourth-order valence-corrected chi connectivity index (χ4v) is 2.00. The van der Waals surface area contributed by atoms with E-state index in [1.165, 1.54) is 17.9 Å². The summed E-state index contributed by atoms with van der Waals surface area (Å²) in [6, 6.07) is 0. The van der Waals surface area contributed by atoms with E-state index in [-0.39, 0.29) is 18.5 Å². The number of ether oxygens (including phenoxy) is 3. The first-order valence-electron chi connectivity index (χ1n) is 6.36. The van der Waals surface area contributed by atoms with Crippen LogP contribution in [0.5, 0.6) is 5.75 Å². The molecule has 0 bridgehead atoms. The fraction of sp³-hybridized carbons (Fsp3) is 0.583. The van der Waals surface area contributed by atoms with Gasteiger partial charge in [0.25, 0.3) is 5.56 Å². The van der Waals surface area contributed by atoms with Gasteiger partial charge in [0.2, 0.25) is 5.75 Å². The highest BCUT2D eigenvalue weighted by molar-refractivity contribution is 5.70. The Morgan fingerprint density at radius 2 is 2.29 bits per heavy atom. The standard InChI is InChI=1S/C12H16N2O7/c1-19-10(16)6-20-8-4-14(12(18)13-11(8)17)9-3-2-7(5-15)21-9/h4,7,9,15H,2-3,5-6H2,1H3,(H,13,17,18). The summed E-state index contributed by atoms with van der Waals surface area (Å²) in [6.45, 7) is -0.580. The first kappa shape index (κ1) is 15.3. The smallest absolute Gasteiger partial charge is 0.343 e. The summed E-state index contributed by atoms with van der Waals surface area (Å²) < 4.78 is 16.0. The minimum atomic E-state index is -0.739. The molecule has 1 aromatic heterocycles. The average molecular weight is 300 g/mol. The minimum absolute atomic E-state index is 0.139. The lowest BCUT2D eigenvalue weighted by Gasteiger charge is -2.15. The van der Waals surface area contributed by atoms with Gasteiger partial charge in [-0.2, -0.15) is 0 Å². The number of methoxy groups -OCH3 is 1. The molecule has 9 nitrogen and oxygen atoms in total. The van der Waals surface area contributed by atoms with E-state index in [9.17, 15) is 14.4 Å². The van der Waals surface area contributed by atoms with E-state index in [1.807, 2.05) is 0 Å². The maximum atomic E-state index is 11.8. The van der Waals surface area contributed by atoms with Crippen molar-refractivity contribution in [3.8, 4) is 5.75 Å². The predicted octanol–water partition coefficient (Wildman–Crippen LogP) is -1.24. The lowest BCUT2D eigenvalue weighted by molar-refractivity contribution is -0.142. The Kier molecular flexibility index (Phi) is 4.76. The zero-order chi connectivity index (χ0) is 15.4. The van der Waals surface area contributed by atoms with Gasteiger partial charge in [-0.05, 0) is 12.8 Å². The van der Waals surface area contributed by atoms with Gasteiger partial charge in [0.05, 0.1) is 26.0 Å². The third kappa shape index (κ3) is 3.50. The maximum Gasteiger partial charge on any atom is 0.343 e. The Hall–Kier alpha value is -2.13. The van der Waals surface area contributed by atoms with Gasteiger partial charge in [-0.1, -0.05) is 0 Å². The monoisotopic (exact) mass is 300 g/mol. The second kappa shape index (κ2) is 6.55. The van der Waals surface area contributed by atoms with E-state index in [4.69, 9.17) is 14.6 Å². The normalized spacial score (nSPS) is 21.2. The van der Waals surface area contributed by atoms with E-state index in [2.05, 4.69) is 9.72 Å². The average Bonchev–Trinajstić information content (AvgIpc) is 2.94. The van der Waals surface area contributed by atoms with Crippen LogP contribution in [-0.2, 0) is 14.3 Å². The third-order valence-electron chi connectivity index (χ3n) is 3.11. The van der Waals surface area contributed by atoms with E-state index in [1.54, 1.807) is 0 Å². The van der Waals surface area contributed by atoms with Crippen molar-refractivity contribution in [2.24, 2.45) is 0 Å². The molecular formula is C12H16N2O7. The Morgan fingerprint density at radius 1 is 1.52 bits per heavy atom. The molecule has 0 aromatic carbocycles. The number of aromatic nitrogens is 2. The quantitative estimate of drug-likeness (QED) is 0.652. The van der Waals surface area contributed by atoms with Crippen molar-refractivity contribution in [3.05, 3.63) is 27.0 Å². The van der Waals surface area contributed by atoms with E-state index in [0.29, 0.717) is 12.8 Å². The second-order valence-corrected chi connectivity index (χ2v) is 4.50. The number of aliphatic hydroxyl groups is 1. The summed E-state index contributed by atoms with van der Waals surface area (Å²) in [5.74, 6) is -0.833. The molecule has 1 fully saturated rings. The van der Waals surface area contributed by atoms with Crippen LogP contribution in [0.2, 0.25) is 0 Å². The van der Waals surface area contributed by atoms with Crippen molar-refractivity contribution < 1.29 is 24.1 Å². The van der Waals surface area contributed by atoms with Crippen molar-refractivity contribution in [1.82, 2.24) is 9.55 Å². The number of carbonyl (C=O) groups is 1. The van der Waals surface area contributed by atoms with Gasteiger partial charge >= 0.3 is 11.7 Å². The van der Waals surface area contributed by atoms with Gasteiger partial charge < -0.3 is 19.3 Å². The summed E-state index contributed by atoms with van der Waals surface area (Å²) in [5.41, 5.74) is -1.38. The highest BCUT2D eigenvalue weighted by Crippen LogP contribution is 2.26. The Morgan fingerprint density at radius 3 is 2.90 bits per heavy atom. The predicted molar refractivity (Wildman–Crippen MR) is 69.1 cm³/mol. The van der Waals surface area contributed by atoms with Crippen molar-refractivity contribution >= 4 is 5.97 Å². The van der Waals surface area contributed by atoms with Crippen LogP contribution < -0.4 is 16.0 Å². The number of nitrogens with zero attached hydrogens (tertiary/aromatic N) is 1. The van der Waals surface area contributed by atoms with Crippen LogP contribution in [-0.4, -0.2) is 47.1 Å². The number of aliphatic hydroxyl groups excluding tert-OH is 1. The summed E-state index contributed by atoms with van der Waals surface area (Å²) in [5, 5.41) is 9.02. The molecule has 2 rings (SSSR count). The number of rotatable bonds is 5. The number of hydrogen-bond donors (Lipinski definition) is 2. The molecule has 9 heteroatoms. The molecule has 1 aliphatic heterocycles. The summed E-state index contributed by atoms with van der Waals surface area (Å²) in [6.07, 6.45) is 1.38. The van der Waals surface area contributed by atoms with Gasteiger partial charge in [-0.3, -0.25) is 14.3 Å². The highest BCUT2D eigenvalue weighted by atomic mass is 16.6. The molecule has 2 N–H and O–H groups in total. The zero-order valence-corrected chi connectivity index (χ0v) is 11.4. The van der Waals surface area contributed by atoms with Crippen LogP contribution in [0.1, 0.15) is 19.1 Å². The van der Waals surface area contributed by atoms with E-state index < -0.39 is 30.1 Å². The molecule has 21 heavy (non-hydrogen) atoms. The maximum absolute atomic E-state index is 11.8. The summed E-state index contributed by atoms with van der Waals surface area (Å²) in [7, 11) is 1.19. The fourth-order valence-electron chi connectivity index (χ4n) is 2.00. The molecule has 1 aliphatic rings. The molecule has 2 unspecified atom stereocenters. The summed E-state index contributed by atoms with van der Waals surface area (Å²) in [4.78, 5) is 36.5. The minimum Gasteiger partial charge on any atom is -0.475 e. The van der Waals surface area contributed by atoms with Crippen LogP contribution >= 0.6 is 0 Å².